The summed E-state index contributed by atoms with van der Waals surface area (Å²) in [6.45, 7) is 18.4. The lowest BCUT2D eigenvalue weighted by Gasteiger charge is -2.27. The molecule has 0 aliphatic carbocycles. The summed E-state index contributed by atoms with van der Waals surface area (Å²) >= 11 is 2.74. The monoisotopic (exact) mass is 1530 g/mol. The number of nitrogens with one attached hydrogen (secondary N) is 4. The second kappa shape index (κ2) is 51.2. The summed E-state index contributed by atoms with van der Waals surface area (Å²) in [4.78, 5) is 65.6. The number of carboxylic acid groups (broad SMARTS) is 1. The highest BCUT2D eigenvalue weighted by Crippen LogP contribution is 2.33. The molecule has 0 aliphatic rings. The van der Waals surface area contributed by atoms with E-state index >= 15 is 4.39 Å². The molecule has 5 N–H and O–H groups in total. The van der Waals surface area contributed by atoms with Crippen LogP contribution < -0.4 is 30.9 Å². The van der Waals surface area contributed by atoms with E-state index in [1.807, 2.05) is 63.5 Å². The minimum Gasteiger partial charge on any atom is -0.491 e. The van der Waals surface area contributed by atoms with Gasteiger partial charge in [-0.05, 0) is 98.2 Å². The molecule has 34 heteroatoms. The van der Waals surface area contributed by atoms with Gasteiger partial charge in [-0.15, -0.1) is 21.5 Å². The van der Waals surface area contributed by atoms with Crippen molar-refractivity contribution in [2.75, 3.05) is 215 Å². The first kappa shape index (κ1) is 87.7. The first-order chi connectivity index (χ1) is 51.9. The van der Waals surface area contributed by atoms with Crippen LogP contribution in [0.25, 0.3) is 20.7 Å². The summed E-state index contributed by atoms with van der Waals surface area (Å²) < 4.78 is 88.4. The summed E-state index contributed by atoms with van der Waals surface area (Å²) in [6.07, 6.45) is 0.764. The molecule has 0 fully saturated rings. The number of aryl methyl sites for hydroxylation is 2. The number of rotatable bonds is 58. The van der Waals surface area contributed by atoms with Crippen LogP contribution in [0.3, 0.4) is 0 Å². The van der Waals surface area contributed by atoms with Crippen molar-refractivity contribution >= 4 is 84.2 Å². The minimum atomic E-state index is -1.16. The molecule has 3 aromatic heterocycles. The summed E-state index contributed by atoms with van der Waals surface area (Å²) in [6, 6.07) is 19.8. The SMILES string of the molecule is Cc1cc(N(C)c2nc(C(=O)O)c(CCCOc3ccc(C#CC[N+](C)(C)Cc4ccc(NC(=O)[C@H](C)NC(=O)[C@@H](NC(=O)CCOCCOCCOCCOCCOCCOCCOCCOCCOCCOCCOCCOCCN=[N+]=[N-])C(C)C)cc4)cc3F)s2)nnc1Nc1nc2ccccc2s1. The number of benzene rings is 3. The molecule has 0 spiro atoms. The second-order valence-corrected chi connectivity index (χ2v) is 27.0. The van der Waals surface area contributed by atoms with Crippen molar-refractivity contribution in [2.45, 2.75) is 65.6 Å². The van der Waals surface area contributed by atoms with Crippen molar-refractivity contribution in [2.24, 2.45) is 11.0 Å². The third-order valence-electron chi connectivity index (χ3n) is 15.3. The number of halogens is 1. The van der Waals surface area contributed by atoms with E-state index in [-0.39, 0.29) is 49.5 Å². The molecule has 31 nitrogen and oxygen atoms in total. The van der Waals surface area contributed by atoms with Gasteiger partial charge < -0.3 is 97.3 Å². The zero-order chi connectivity index (χ0) is 76.7. The quantitative estimate of drug-likeness (QED) is 0.00598. The lowest BCUT2D eigenvalue weighted by molar-refractivity contribution is -0.896. The highest BCUT2D eigenvalue weighted by atomic mass is 32.1. The van der Waals surface area contributed by atoms with Gasteiger partial charge in [-0.1, -0.05) is 60.5 Å². The molecule has 0 bridgehead atoms. The van der Waals surface area contributed by atoms with E-state index in [2.05, 4.69) is 63.3 Å². The van der Waals surface area contributed by atoms with Crippen molar-refractivity contribution in [3.05, 3.63) is 116 Å². The lowest BCUT2D eigenvalue weighted by Crippen LogP contribution is -2.53. The first-order valence-electron chi connectivity index (χ1n) is 35.5. The van der Waals surface area contributed by atoms with E-state index in [0.29, 0.717) is 220 Å². The topological polar surface area (TPSA) is 360 Å². The zero-order valence-corrected chi connectivity index (χ0v) is 63.8. The van der Waals surface area contributed by atoms with E-state index in [9.17, 15) is 24.3 Å². The first-order valence-corrected chi connectivity index (χ1v) is 37.1. The Labute approximate surface area is 632 Å². The fourth-order valence-electron chi connectivity index (χ4n) is 9.65. The number of quaternary nitrogens is 1. The molecule has 3 aromatic carbocycles. The molecule has 0 aliphatic heterocycles. The van der Waals surface area contributed by atoms with Crippen molar-refractivity contribution in [1.82, 2.24) is 30.8 Å². The summed E-state index contributed by atoms with van der Waals surface area (Å²) in [5.74, 6) is 4.02. The average Bonchev–Trinajstić information content (AvgIpc) is 1.69. The molecular weight excluding hydrogens is 1430 g/mol. The fraction of sp³-hybridized carbons (Fsp3) is 0.562. The van der Waals surface area contributed by atoms with Gasteiger partial charge in [-0.25, -0.2) is 19.2 Å². The predicted molar refractivity (Wildman–Crippen MR) is 402 cm³/mol. The second-order valence-electron chi connectivity index (χ2n) is 24.9. The van der Waals surface area contributed by atoms with Crippen LogP contribution in [0.2, 0.25) is 0 Å². The Kier molecular flexibility index (Phi) is 42.0. The van der Waals surface area contributed by atoms with Gasteiger partial charge in [0.15, 0.2) is 39.2 Å². The standard InChI is InChI=1S/C73H102FN13O18S2/c1-53(2)66(80-65(88)22-26-93-28-30-95-32-34-97-36-38-99-40-42-101-44-46-103-48-49-104-47-45-102-43-41-100-39-37-98-35-33-96-31-29-94-27-23-76-85-75)70(90)77-55(4)69(89)78-58-19-16-57(17-20-58)52-87(6,7)24-10-12-56-18-21-61(59(74)51-56)105-25-11-15-63-67(71(91)92)81-73(107-63)86(5)64-50-54(3)68(84-83-64)82-72-79-60-13-8-9-14-62(60)106-72/h8-9,13-14,16-21,50-51,53,55,66H,11,15,22-49,52H2,1-7H3,(H4-,77,78,79,80,82,84,88,89,90,91,92)/p+1/t55-,66-/m0/s1. The van der Waals surface area contributed by atoms with Crippen LogP contribution in [0, 0.1) is 30.5 Å². The Bertz CT molecular complexity index is 3680. The molecule has 2 atom stereocenters. The van der Waals surface area contributed by atoms with Gasteiger partial charge in [-0.3, -0.25) is 14.4 Å². The zero-order valence-electron chi connectivity index (χ0n) is 62.2. The van der Waals surface area contributed by atoms with Crippen LogP contribution >= 0.6 is 22.7 Å². The largest absolute Gasteiger partial charge is 0.491 e. The average molecular weight is 1530 g/mol. The number of fused-ring (bicyclic) bond motifs is 1. The molecule has 3 heterocycles. The maximum atomic E-state index is 15.3. The van der Waals surface area contributed by atoms with Crippen LogP contribution in [0.15, 0.2) is 77.9 Å². The maximum absolute atomic E-state index is 15.3. The molecule has 0 radical (unpaired) electrons. The Hall–Kier alpha value is -8.18. The summed E-state index contributed by atoms with van der Waals surface area (Å²) in [5, 5.41) is 34.9. The number of carbonyl (C=O) groups is 4. The van der Waals surface area contributed by atoms with Gasteiger partial charge in [0.2, 0.25) is 17.7 Å². The van der Waals surface area contributed by atoms with Crippen LogP contribution in [-0.4, -0.2) is 265 Å². The molecular formula is C73H103FN13O18S2+. The Morgan fingerprint density at radius 1 is 0.664 bits per heavy atom. The normalized spacial score (nSPS) is 12.0. The van der Waals surface area contributed by atoms with Crippen LogP contribution in [0.5, 0.6) is 5.75 Å². The molecule has 3 amide bonds. The van der Waals surface area contributed by atoms with Gasteiger partial charge in [0.25, 0.3) is 0 Å². The highest BCUT2D eigenvalue weighted by molar-refractivity contribution is 7.22. The number of azide groups is 1. The number of anilines is 5. The number of para-hydroxylation sites is 1. The number of carbonyl (C=O) groups excluding carboxylic acids is 3. The predicted octanol–water partition coefficient (Wildman–Crippen LogP) is 8.32. The van der Waals surface area contributed by atoms with Crippen LogP contribution in [-0.2, 0) is 84.2 Å². The molecule has 6 aromatic rings. The van der Waals surface area contributed by atoms with Crippen molar-refractivity contribution < 1.29 is 94.7 Å². The molecule has 107 heavy (non-hydrogen) atoms. The summed E-state index contributed by atoms with van der Waals surface area (Å²) in [7, 11) is 5.79. The van der Waals surface area contributed by atoms with Crippen molar-refractivity contribution in [3.8, 4) is 17.6 Å². The van der Waals surface area contributed by atoms with Gasteiger partial charge in [0, 0.05) is 46.6 Å². The number of nitrogens with zero attached hydrogens (tertiary/aromatic N) is 9. The Morgan fingerprint density at radius 3 is 1.72 bits per heavy atom. The minimum absolute atomic E-state index is 0.0250. The van der Waals surface area contributed by atoms with Gasteiger partial charge >= 0.3 is 5.97 Å². The van der Waals surface area contributed by atoms with Gasteiger partial charge in [0.1, 0.15) is 25.2 Å². The van der Waals surface area contributed by atoms with Gasteiger partial charge in [0.05, 0.1) is 189 Å². The molecule has 6 rings (SSSR count). The third kappa shape index (κ3) is 35.6. The summed E-state index contributed by atoms with van der Waals surface area (Å²) in [5.41, 5.74) is 11.8. The number of ether oxygens (including phenoxy) is 13. The number of thiazole rings is 2. The number of aromatic nitrogens is 4. The third-order valence-corrected chi connectivity index (χ3v) is 17.4. The molecule has 0 saturated heterocycles. The van der Waals surface area contributed by atoms with Crippen molar-refractivity contribution in [1.29, 1.82) is 0 Å². The Balaban J connectivity index is 0.725. The van der Waals surface area contributed by atoms with Gasteiger partial charge in [-0.2, -0.15) is 0 Å². The van der Waals surface area contributed by atoms with Crippen molar-refractivity contribution in [3.63, 3.8) is 0 Å². The van der Waals surface area contributed by atoms with E-state index in [1.54, 1.807) is 50.9 Å². The number of carboxylic acids is 1. The van der Waals surface area contributed by atoms with Crippen LogP contribution in [0.4, 0.5) is 32.0 Å². The fourth-order valence-corrected chi connectivity index (χ4v) is 11.6. The smallest absolute Gasteiger partial charge is 0.355 e. The number of amides is 3. The Morgan fingerprint density at radius 2 is 1.21 bits per heavy atom. The molecule has 0 unspecified atom stereocenters. The number of hydrogen-bond acceptors (Lipinski definition) is 26. The number of aromatic carboxylic acids is 1. The lowest BCUT2D eigenvalue weighted by atomic mass is 10.0. The van der Waals surface area contributed by atoms with Crippen LogP contribution in [0.1, 0.15) is 65.7 Å². The van der Waals surface area contributed by atoms with E-state index in [4.69, 9.17) is 67.1 Å². The number of hydrogen-bond donors (Lipinski definition) is 5. The van der Waals surface area contributed by atoms with E-state index < -0.39 is 35.7 Å². The van der Waals surface area contributed by atoms with E-state index in [1.165, 1.54) is 34.8 Å². The van der Waals surface area contributed by atoms with E-state index in [0.717, 1.165) is 21.3 Å². The maximum Gasteiger partial charge on any atom is 0.355 e. The molecule has 0 saturated carbocycles. The highest BCUT2D eigenvalue weighted by Gasteiger charge is 2.28. The molecule has 586 valence electrons.